The number of nitrogens with zero attached hydrogens (tertiary/aromatic N) is 2. The predicted octanol–water partition coefficient (Wildman–Crippen LogP) is -0.172. The predicted molar refractivity (Wildman–Crippen MR) is 61.5 cm³/mol. The van der Waals surface area contributed by atoms with Crippen LogP contribution in [0.5, 0.6) is 5.75 Å². The molecule has 1 fully saturated rings. The summed E-state index contributed by atoms with van der Waals surface area (Å²) < 4.78 is 0. The Bertz CT molecular complexity index is 408. The molecule has 2 N–H and O–H groups in total. The Morgan fingerprint density at radius 1 is 1.38 bits per heavy atom. The first kappa shape index (κ1) is 11.2. The molecular weight excluding hydrogens is 206 g/mol. The summed E-state index contributed by atoms with van der Waals surface area (Å²) in [6.07, 6.45) is 1.58. The first-order valence-corrected chi connectivity index (χ1v) is 5.47. The molecule has 0 atom stereocenters. The van der Waals surface area contributed by atoms with Crippen molar-refractivity contribution < 1.29 is 5.11 Å². The lowest BCUT2D eigenvalue weighted by Gasteiger charge is -2.32. The van der Waals surface area contributed by atoms with Crippen LogP contribution in [0.15, 0.2) is 17.1 Å². The van der Waals surface area contributed by atoms with E-state index < -0.39 is 5.56 Å². The summed E-state index contributed by atoms with van der Waals surface area (Å²) >= 11 is 0. The lowest BCUT2D eigenvalue weighted by Crippen LogP contribution is -2.43. The van der Waals surface area contributed by atoms with Gasteiger partial charge in [-0.2, -0.15) is 0 Å². The van der Waals surface area contributed by atoms with Gasteiger partial charge in [-0.15, -0.1) is 0 Å². The van der Waals surface area contributed by atoms with Crippen LogP contribution in [0.1, 0.15) is 5.56 Å². The summed E-state index contributed by atoms with van der Waals surface area (Å²) in [7, 11) is 2.10. The van der Waals surface area contributed by atoms with E-state index in [2.05, 4.69) is 21.8 Å². The number of rotatable bonds is 2. The van der Waals surface area contributed by atoms with E-state index in [9.17, 15) is 9.90 Å². The average molecular weight is 223 g/mol. The van der Waals surface area contributed by atoms with Gasteiger partial charge in [0.1, 0.15) is 0 Å². The summed E-state index contributed by atoms with van der Waals surface area (Å²) in [6, 6.07) is 1.76. The second-order valence-electron chi connectivity index (χ2n) is 4.26. The van der Waals surface area contributed by atoms with Crippen LogP contribution in [-0.4, -0.2) is 53.1 Å². The molecule has 0 aliphatic carbocycles. The van der Waals surface area contributed by atoms with Crippen LogP contribution in [0.2, 0.25) is 0 Å². The quantitative estimate of drug-likeness (QED) is 0.730. The van der Waals surface area contributed by atoms with Crippen molar-refractivity contribution in [3.8, 4) is 5.75 Å². The Morgan fingerprint density at radius 3 is 2.75 bits per heavy atom. The molecule has 16 heavy (non-hydrogen) atoms. The number of likely N-dealkylation sites (N-methyl/N-ethyl adjacent to an activating group) is 1. The van der Waals surface area contributed by atoms with Gasteiger partial charge in [0.05, 0.1) is 0 Å². The topological polar surface area (TPSA) is 59.6 Å². The maximum Gasteiger partial charge on any atom is 0.290 e. The number of aromatic nitrogens is 1. The second-order valence-corrected chi connectivity index (χ2v) is 4.26. The van der Waals surface area contributed by atoms with Crippen LogP contribution in [0.25, 0.3) is 0 Å². The number of aromatic hydroxyl groups is 1. The van der Waals surface area contributed by atoms with Gasteiger partial charge in [-0.1, -0.05) is 0 Å². The van der Waals surface area contributed by atoms with Crippen LogP contribution < -0.4 is 5.56 Å². The van der Waals surface area contributed by atoms with E-state index in [0.29, 0.717) is 12.1 Å². The highest BCUT2D eigenvalue weighted by Crippen LogP contribution is 2.13. The summed E-state index contributed by atoms with van der Waals surface area (Å²) in [5, 5.41) is 9.60. The molecule has 1 aliphatic rings. The molecule has 2 rings (SSSR count). The van der Waals surface area contributed by atoms with Gasteiger partial charge in [0.15, 0.2) is 5.75 Å². The Balaban J connectivity index is 2.04. The van der Waals surface area contributed by atoms with Crippen molar-refractivity contribution in [1.29, 1.82) is 0 Å². The molecule has 0 unspecified atom stereocenters. The van der Waals surface area contributed by atoms with E-state index in [-0.39, 0.29) is 5.75 Å². The van der Waals surface area contributed by atoms with Crippen LogP contribution in [0.4, 0.5) is 0 Å². The van der Waals surface area contributed by atoms with Crippen LogP contribution >= 0.6 is 0 Å². The van der Waals surface area contributed by atoms with Crippen molar-refractivity contribution >= 4 is 0 Å². The molecule has 0 bridgehead atoms. The first-order valence-electron chi connectivity index (χ1n) is 5.47. The van der Waals surface area contributed by atoms with E-state index in [4.69, 9.17) is 0 Å². The largest absolute Gasteiger partial charge is 0.503 e. The highest BCUT2D eigenvalue weighted by molar-refractivity contribution is 5.28. The van der Waals surface area contributed by atoms with Gasteiger partial charge in [-0.25, -0.2) is 0 Å². The number of hydrogen-bond acceptors (Lipinski definition) is 4. The Morgan fingerprint density at radius 2 is 2.06 bits per heavy atom. The minimum Gasteiger partial charge on any atom is -0.503 e. The average Bonchev–Trinajstić information content (AvgIpc) is 2.28. The molecule has 0 spiro atoms. The molecule has 1 aliphatic heterocycles. The fourth-order valence-corrected chi connectivity index (χ4v) is 1.89. The maximum atomic E-state index is 11.2. The zero-order valence-electron chi connectivity index (χ0n) is 9.44. The van der Waals surface area contributed by atoms with Crippen LogP contribution in [-0.2, 0) is 6.54 Å². The normalized spacial score (nSPS) is 18.8. The van der Waals surface area contributed by atoms with Crippen molar-refractivity contribution in [3.63, 3.8) is 0 Å². The molecule has 0 amide bonds. The summed E-state index contributed by atoms with van der Waals surface area (Å²) in [6.45, 7) is 4.66. The molecule has 88 valence electrons. The molecule has 1 aromatic rings. The second kappa shape index (κ2) is 4.67. The van der Waals surface area contributed by atoms with E-state index in [1.54, 1.807) is 12.3 Å². The number of aromatic amines is 1. The van der Waals surface area contributed by atoms with E-state index in [1.165, 1.54) is 0 Å². The number of pyridine rings is 1. The summed E-state index contributed by atoms with van der Waals surface area (Å²) in [5.74, 6) is -0.151. The van der Waals surface area contributed by atoms with E-state index in [1.807, 2.05) is 0 Å². The lowest BCUT2D eigenvalue weighted by atomic mass is 10.2. The minimum absolute atomic E-state index is 0.151. The molecule has 5 nitrogen and oxygen atoms in total. The van der Waals surface area contributed by atoms with Crippen LogP contribution in [0, 0.1) is 0 Å². The molecule has 0 aromatic carbocycles. The Labute approximate surface area is 94.3 Å². The van der Waals surface area contributed by atoms with Crippen molar-refractivity contribution in [2.24, 2.45) is 0 Å². The fraction of sp³-hybridized carbons (Fsp3) is 0.545. The van der Waals surface area contributed by atoms with Gasteiger partial charge >= 0.3 is 0 Å². The summed E-state index contributed by atoms with van der Waals surface area (Å²) in [5.41, 5.74) is 0.292. The Kier molecular flexibility index (Phi) is 3.26. The van der Waals surface area contributed by atoms with Crippen molar-refractivity contribution in [1.82, 2.24) is 14.8 Å². The van der Waals surface area contributed by atoms with Crippen molar-refractivity contribution in [2.75, 3.05) is 33.2 Å². The van der Waals surface area contributed by atoms with E-state index >= 15 is 0 Å². The minimum atomic E-state index is -0.411. The third-order valence-corrected chi connectivity index (χ3v) is 3.01. The van der Waals surface area contributed by atoms with Gasteiger partial charge in [-0.3, -0.25) is 9.69 Å². The number of hydrogen-bond donors (Lipinski definition) is 2. The van der Waals surface area contributed by atoms with Gasteiger partial charge < -0.3 is 15.0 Å². The zero-order chi connectivity index (χ0) is 11.5. The lowest BCUT2D eigenvalue weighted by molar-refractivity contribution is 0.147. The van der Waals surface area contributed by atoms with Crippen molar-refractivity contribution in [2.45, 2.75) is 6.54 Å². The number of piperazine rings is 1. The molecule has 1 aromatic heterocycles. The van der Waals surface area contributed by atoms with Gasteiger partial charge in [0.2, 0.25) is 0 Å². The molecule has 0 radical (unpaired) electrons. The van der Waals surface area contributed by atoms with Gasteiger partial charge in [0.25, 0.3) is 5.56 Å². The monoisotopic (exact) mass is 223 g/mol. The van der Waals surface area contributed by atoms with Gasteiger partial charge in [0, 0.05) is 44.5 Å². The highest BCUT2D eigenvalue weighted by Gasteiger charge is 2.15. The molecule has 2 heterocycles. The Hall–Kier alpha value is -1.33. The molecule has 1 saturated heterocycles. The molecule has 5 heteroatoms. The smallest absolute Gasteiger partial charge is 0.290 e. The van der Waals surface area contributed by atoms with E-state index in [0.717, 1.165) is 26.2 Å². The zero-order valence-corrected chi connectivity index (χ0v) is 9.44. The molecular formula is C11H17N3O2. The first-order chi connectivity index (χ1) is 7.66. The highest BCUT2D eigenvalue weighted by atomic mass is 16.3. The van der Waals surface area contributed by atoms with Gasteiger partial charge in [-0.05, 0) is 13.1 Å². The number of H-pyrrole nitrogens is 1. The van der Waals surface area contributed by atoms with Crippen LogP contribution in [0.3, 0.4) is 0 Å². The summed E-state index contributed by atoms with van der Waals surface area (Å²) in [4.78, 5) is 18.2. The number of nitrogens with one attached hydrogen (secondary N) is 1. The SMILES string of the molecule is CN1CCN(Cc2cc[nH]c(=O)c2O)CC1. The third-order valence-electron chi connectivity index (χ3n) is 3.01. The van der Waals surface area contributed by atoms with Crippen molar-refractivity contribution in [3.05, 3.63) is 28.2 Å². The maximum absolute atomic E-state index is 11.2. The third kappa shape index (κ3) is 2.43. The standard InChI is InChI=1S/C11H17N3O2/c1-13-4-6-14(7-5-13)8-9-2-3-12-11(16)10(9)15/h2-3,15H,4-8H2,1H3,(H,12,16). The molecule has 0 saturated carbocycles. The fourth-order valence-electron chi connectivity index (χ4n) is 1.89.